The second-order valence-corrected chi connectivity index (χ2v) is 5.09. The van der Waals surface area contributed by atoms with Crippen molar-refractivity contribution in [3.8, 4) is 11.8 Å². The van der Waals surface area contributed by atoms with Crippen LogP contribution < -0.4 is 0 Å². The van der Waals surface area contributed by atoms with Crippen LogP contribution in [0.25, 0.3) is 5.69 Å². The Morgan fingerprint density at radius 3 is 2.53 bits per heavy atom. The molecule has 2 aromatic rings. The van der Waals surface area contributed by atoms with Gasteiger partial charge < -0.3 is 0 Å². The van der Waals surface area contributed by atoms with E-state index in [1.807, 2.05) is 19.9 Å². The van der Waals surface area contributed by atoms with Gasteiger partial charge >= 0.3 is 0 Å². The second kappa shape index (κ2) is 5.20. The van der Waals surface area contributed by atoms with Gasteiger partial charge in [-0.15, -0.1) is 0 Å². The fourth-order valence-electron chi connectivity index (χ4n) is 1.71. The van der Waals surface area contributed by atoms with Crippen LogP contribution in [0.3, 0.4) is 0 Å². The summed E-state index contributed by atoms with van der Waals surface area (Å²) in [5.74, 6) is -0.513. The van der Waals surface area contributed by atoms with Crippen LogP contribution >= 0.6 is 23.2 Å². The molecule has 0 bridgehead atoms. The number of nitriles is 1. The van der Waals surface area contributed by atoms with Gasteiger partial charge in [0.25, 0.3) is 0 Å². The summed E-state index contributed by atoms with van der Waals surface area (Å²) in [6.45, 7) is 3.82. The molecule has 0 amide bonds. The largest absolute Gasteiger partial charge is 0.220 e. The van der Waals surface area contributed by atoms with Crippen molar-refractivity contribution >= 4 is 23.2 Å². The Hall–Kier alpha value is -1.57. The number of aromatic nitrogens is 2. The number of hydrogen-bond acceptors (Lipinski definition) is 2. The van der Waals surface area contributed by atoms with Crippen molar-refractivity contribution in [3.63, 3.8) is 0 Å². The third-order valence-corrected chi connectivity index (χ3v) is 3.32. The van der Waals surface area contributed by atoms with Gasteiger partial charge in [0.1, 0.15) is 17.4 Å². The normalized spacial score (nSPS) is 10.8. The lowest BCUT2D eigenvalue weighted by Gasteiger charge is -2.04. The summed E-state index contributed by atoms with van der Waals surface area (Å²) in [7, 11) is 0. The summed E-state index contributed by atoms with van der Waals surface area (Å²) < 4.78 is 14.8. The monoisotopic (exact) mass is 297 g/mol. The molecule has 1 heterocycles. The van der Waals surface area contributed by atoms with E-state index in [9.17, 15) is 4.39 Å². The summed E-state index contributed by atoms with van der Waals surface area (Å²) in [6.07, 6.45) is 0. The Labute approximate surface area is 120 Å². The quantitative estimate of drug-likeness (QED) is 0.828. The summed E-state index contributed by atoms with van der Waals surface area (Å²) >= 11 is 11.8. The third-order valence-electron chi connectivity index (χ3n) is 2.66. The lowest BCUT2D eigenvalue weighted by atomic mass is 10.1. The van der Waals surface area contributed by atoms with E-state index in [0.29, 0.717) is 16.9 Å². The van der Waals surface area contributed by atoms with Crippen molar-refractivity contribution in [1.82, 2.24) is 9.78 Å². The maximum absolute atomic E-state index is 13.5. The molecule has 0 unspecified atom stereocenters. The van der Waals surface area contributed by atoms with Crippen molar-refractivity contribution in [1.29, 1.82) is 5.26 Å². The van der Waals surface area contributed by atoms with Gasteiger partial charge in [-0.2, -0.15) is 10.4 Å². The number of benzene rings is 1. The lowest BCUT2D eigenvalue weighted by molar-refractivity contribution is 0.625. The minimum atomic E-state index is -0.560. The van der Waals surface area contributed by atoms with Gasteiger partial charge in [0.2, 0.25) is 0 Å². The van der Waals surface area contributed by atoms with E-state index in [4.69, 9.17) is 28.5 Å². The van der Waals surface area contributed by atoms with Crippen LogP contribution in [0.4, 0.5) is 4.39 Å². The minimum Gasteiger partial charge on any atom is -0.220 e. The van der Waals surface area contributed by atoms with Crippen LogP contribution in [0.1, 0.15) is 31.0 Å². The first kappa shape index (κ1) is 13.9. The molecule has 0 aliphatic heterocycles. The molecule has 0 spiro atoms. The molecule has 3 nitrogen and oxygen atoms in total. The highest BCUT2D eigenvalue weighted by molar-refractivity contribution is 6.31. The predicted molar refractivity (Wildman–Crippen MR) is 72.3 cm³/mol. The Kier molecular flexibility index (Phi) is 3.79. The molecule has 98 valence electrons. The molecule has 0 saturated carbocycles. The van der Waals surface area contributed by atoms with Crippen molar-refractivity contribution < 1.29 is 4.39 Å². The average molecular weight is 298 g/mol. The van der Waals surface area contributed by atoms with E-state index in [1.54, 1.807) is 6.07 Å². The summed E-state index contributed by atoms with van der Waals surface area (Å²) in [4.78, 5) is 0. The van der Waals surface area contributed by atoms with Gasteiger partial charge in [0, 0.05) is 6.07 Å². The smallest absolute Gasteiger partial charge is 0.150 e. The highest BCUT2D eigenvalue weighted by Gasteiger charge is 2.19. The second-order valence-electron chi connectivity index (χ2n) is 4.33. The van der Waals surface area contributed by atoms with Crippen LogP contribution in [0.2, 0.25) is 10.2 Å². The van der Waals surface area contributed by atoms with Crippen LogP contribution in [-0.2, 0) is 0 Å². The van der Waals surface area contributed by atoms with Crippen molar-refractivity contribution in [3.05, 3.63) is 45.4 Å². The fraction of sp³-hybridized carbons (Fsp3) is 0.231. The van der Waals surface area contributed by atoms with E-state index in [1.165, 1.54) is 16.8 Å². The molecular formula is C13H10Cl2FN3. The fourth-order valence-corrected chi connectivity index (χ4v) is 2.10. The van der Waals surface area contributed by atoms with Gasteiger partial charge in [0.15, 0.2) is 5.15 Å². The summed E-state index contributed by atoms with van der Waals surface area (Å²) in [5.41, 5.74) is 1.32. The molecule has 6 heteroatoms. The Bertz CT molecular complexity index is 671. The number of rotatable bonds is 2. The molecule has 0 aliphatic rings. The lowest BCUT2D eigenvalue weighted by Crippen LogP contribution is -1.99. The average Bonchev–Trinajstić information content (AvgIpc) is 2.70. The molecular weight excluding hydrogens is 288 g/mol. The molecule has 1 aromatic heterocycles. The Morgan fingerprint density at radius 2 is 2.05 bits per heavy atom. The topological polar surface area (TPSA) is 41.6 Å². The SMILES string of the molecule is CC(C)c1nn(-c2ccc(Cl)c(F)c2)c(Cl)c1C#N. The molecule has 1 aromatic carbocycles. The molecule has 0 saturated heterocycles. The zero-order chi connectivity index (χ0) is 14.2. The van der Waals surface area contributed by atoms with Crippen molar-refractivity contribution in [2.45, 2.75) is 19.8 Å². The van der Waals surface area contributed by atoms with E-state index < -0.39 is 5.82 Å². The van der Waals surface area contributed by atoms with Crippen LogP contribution in [-0.4, -0.2) is 9.78 Å². The molecule has 0 atom stereocenters. The maximum Gasteiger partial charge on any atom is 0.150 e. The molecule has 0 aliphatic carbocycles. The van der Waals surface area contributed by atoms with Crippen molar-refractivity contribution in [2.24, 2.45) is 0 Å². The minimum absolute atomic E-state index is 0.0246. The standard InChI is InChI=1S/C13H10Cl2FN3/c1-7(2)12-9(6-17)13(15)19(18-12)8-3-4-10(14)11(16)5-8/h3-5,7H,1-2H3. The van der Waals surface area contributed by atoms with Gasteiger partial charge in [0.05, 0.1) is 16.4 Å². The van der Waals surface area contributed by atoms with Crippen LogP contribution in [0.15, 0.2) is 18.2 Å². The van der Waals surface area contributed by atoms with E-state index in [0.717, 1.165) is 0 Å². The highest BCUT2D eigenvalue weighted by Crippen LogP contribution is 2.28. The maximum atomic E-state index is 13.5. The first-order valence-corrected chi connectivity index (χ1v) is 6.35. The number of nitrogens with zero attached hydrogens (tertiary/aromatic N) is 3. The van der Waals surface area contributed by atoms with Gasteiger partial charge in [-0.05, 0) is 18.1 Å². The van der Waals surface area contributed by atoms with Crippen molar-refractivity contribution in [2.75, 3.05) is 0 Å². The molecule has 2 rings (SSSR count). The van der Waals surface area contributed by atoms with E-state index in [2.05, 4.69) is 5.10 Å². The number of hydrogen-bond donors (Lipinski definition) is 0. The van der Waals surface area contributed by atoms with Gasteiger partial charge in [-0.25, -0.2) is 9.07 Å². The third kappa shape index (κ3) is 2.44. The molecule has 0 fully saturated rings. The summed E-state index contributed by atoms with van der Waals surface area (Å²) in [6, 6.07) is 6.27. The van der Waals surface area contributed by atoms with Crippen LogP contribution in [0.5, 0.6) is 0 Å². The Morgan fingerprint density at radius 1 is 1.37 bits per heavy atom. The zero-order valence-corrected chi connectivity index (χ0v) is 11.8. The van der Waals surface area contributed by atoms with E-state index >= 15 is 0 Å². The molecule has 19 heavy (non-hydrogen) atoms. The molecule has 0 radical (unpaired) electrons. The molecule has 0 N–H and O–H groups in total. The zero-order valence-electron chi connectivity index (χ0n) is 10.3. The first-order chi connectivity index (χ1) is 8.95. The number of halogens is 3. The summed E-state index contributed by atoms with van der Waals surface area (Å²) in [5, 5.41) is 13.6. The van der Waals surface area contributed by atoms with Gasteiger partial charge in [-0.3, -0.25) is 0 Å². The van der Waals surface area contributed by atoms with Crippen LogP contribution in [0, 0.1) is 17.1 Å². The van der Waals surface area contributed by atoms with E-state index in [-0.39, 0.29) is 16.1 Å². The predicted octanol–water partition coefficient (Wildman–Crippen LogP) is 4.31. The Balaban J connectivity index is 2.63. The first-order valence-electron chi connectivity index (χ1n) is 5.59. The van der Waals surface area contributed by atoms with Gasteiger partial charge in [-0.1, -0.05) is 37.0 Å². The highest BCUT2D eigenvalue weighted by atomic mass is 35.5.